The number of hydrogen-bond acceptors (Lipinski definition) is 4. The fourth-order valence-corrected chi connectivity index (χ4v) is 9.02. The highest BCUT2D eigenvalue weighted by atomic mass is 16.7. The summed E-state index contributed by atoms with van der Waals surface area (Å²) < 4.78 is 4.81. The molecule has 5 nitrogen and oxygen atoms in total. The maximum Gasteiger partial charge on any atom is 0.505 e. The summed E-state index contributed by atoms with van der Waals surface area (Å²) in [5.74, 6) is 3.67. The molecule has 5 heteroatoms. The normalized spacial score (nSPS) is 50.7. The van der Waals surface area contributed by atoms with Gasteiger partial charge in [-0.05, 0) is 91.9 Å². The third-order valence-electron chi connectivity index (χ3n) is 10.4. The van der Waals surface area contributed by atoms with E-state index in [9.17, 15) is 14.7 Å². The number of hydrogen-bond donors (Lipinski definition) is 2. The minimum atomic E-state index is -1.25. The van der Waals surface area contributed by atoms with Crippen molar-refractivity contribution in [3.05, 3.63) is 11.6 Å². The first-order valence-corrected chi connectivity index (χ1v) is 11.6. The monoisotopic (exact) mass is 400 g/mol. The summed E-state index contributed by atoms with van der Waals surface area (Å²) in [6.45, 7) is 2.38. The second kappa shape index (κ2) is 5.66. The van der Waals surface area contributed by atoms with E-state index in [0.29, 0.717) is 54.1 Å². The van der Waals surface area contributed by atoms with E-state index in [2.05, 4.69) is 6.92 Å². The zero-order valence-electron chi connectivity index (χ0n) is 17.2. The SMILES string of the molecule is C[C@]12CC[C@H]3[C@@H](CC4(CC4)C4=CC(=O)CC[C@@H]43)[C@@H]1[C@H]1C[C@H]1[C@@]2(O)CCOC(=O)O. The van der Waals surface area contributed by atoms with E-state index in [-0.39, 0.29) is 17.4 Å². The fourth-order valence-electron chi connectivity index (χ4n) is 9.02. The van der Waals surface area contributed by atoms with E-state index in [1.54, 1.807) is 0 Å². The summed E-state index contributed by atoms with van der Waals surface area (Å²) in [5.41, 5.74) is 0.857. The second-order valence-electron chi connectivity index (χ2n) is 11.3. The standard InChI is InChI=1S/C24H32O5/c1-22-5-4-14-15-3-2-13(25)10-18(15)23(6-7-23)12-17(14)20(22)16-11-19(16)24(22,28)8-9-29-21(26)27/h10,14-17,19-20,28H,2-9,11-12H2,1H3,(H,26,27)/t14-,15-,16+,17-,19-,20+,22+,24+/m1/s1. The number of carbonyl (C=O) groups excluding carboxylic acids is 1. The van der Waals surface area contributed by atoms with Crippen LogP contribution in [0.1, 0.15) is 64.7 Å². The van der Waals surface area contributed by atoms with E-state index in [1.165, 1.54) is 24.8 Å². The maximum atomic E-state index is 12.2. The van der Waals surface area contributed by atoms with Crippen LogP contribution in [-0.4, -0.2) is 34.4 Å². The molecular formula is C24H32O5. The third-order valence-corrected chi connectivity index (χ3v) is 10.4. The van der Waals surface area contributed by atoms with Gasteiger partial charge in [0, 0.05) is 18.3 Å². The van der Waals surface area contributed by atoms with Gasteiger partial charge in [-0.2, -0.15) is 0 Å². The Morgan fingerprint density at radius 1 is 1.21 bits per heavy atom. The van der Waals surface area contributed by atoms with E-state index < -0.39 is 11.8 Å². The first-order chi connectivity index (χ1) is 13.8. The largest absolute Gasteiger partial charge is 0.505 e. The topological polar surface area (TPSA) is 83.8 Å². The molecule has 5 saturated carbocycles. The molecule has 0 saturated heterocycles. The van der Waals surface area contributed by atoms with E-state index in [4.69, 9.17) is 9.84 Å². The average Bonchev–Trinajstić information content (AvgIpc) is 3.57. The van der Waals surface area contributed by atoms with E-state index in [0.717, 1.165) is 25.7 Å². The Kier molecular flexibility index (Phi) is 3.59. The molecule has 2 N–H and O–H groups in total. The Balaban J connectivity index is 1.32. The van der Waals surface area contributed by atoms with Crippen molar-refractivity contribution in [1.29, 1.82) is 0 Å². The number of rotatable bonds is 3. The predicted octanol–water partition coefficient (Wildman–Crippen LogP) is 4.19. The molecule has 0 radical (unpaired) electrons. The van der Waals surface area contributed by atoms with Gasteiger partial charge in [0.25, 0.3) is 0 Å². The molecule has 8 atom stereocenters. The molecule has 0 amide bonds. The van der Waals surface area contributed by atoms with Crippen molar-refractivity contribution in [1.82, 2.24) is 0 Å². The summed E-state index contributed by atoms with van der Waals surface area (Å²) in [7, 11) is 0. The van der Waals surface area contributed by atoms with Crippen molar-refractivity contribution < 1.29 is 24.5 Å². The van der Waals surface area contributed by atoms with Crippen molar-refractivity contribution in [2.45, 2.75) is 70.3 Å². The molecule has 0 aromatic rings. The molecule has 1 spiro atoms. The van der Waals surface area contributed by atoms with Gasteiger partial charge >= 0.3 is 6.16 Å². The van der Waals surface area contributed by atoms with Crippen LogP contribution >= 0.6 is 0 Å². The molecule has 0 bridgehead atoms. The van der Waals surface area contributed by atoms with Crippen LogP contribution in [0, 0.1) is 46.3 Å². The highest BCUT2D eigenvalue weighted by Crippen LogP contribution is 2.78. The molecule has 0 aromatic heterocycles. The Bertz CT molecular complexity index is 812. The molecular weight excluding hydrogens is 368 g/mol. The predicted molar refractivity (Wildman–Crippen MR) is 105 cm³/mol. The number of allylic oxidation sites excluding steroid dienone is 1. The van der Waals surface area contributed by atoms with Gasteiger partial charge in [0.15, 0.2) is 5.78 Å². The van der Waals surface area contributed by atoms with Gasteiger partial charge in [0.05, 0.1) is 12.2 Å². The Morgan fingerprint density at radius 2 is 2.00 bits per heavy atom. The minimum absolute atomic E-state index is 0.0903. The lowest BCUT2D eigenvalue weighted by Crippen LogP contribution is -2.56. The molecule has 0 unspecified atom stereocenters. The molecule has 5 fully saturated rings. The summed E-state index contributed by atoms with van der Waals surface area (Å²) >= 11 is 0. The zero-order valence-corrected chi connectivity index (χ0v) is 17.2. The van der Waals surface area contributed by atoms with Crippen LogP contribution in [0.5, 0.6) is 0 Å². The van der Waals surface area contributed by atoms with Crippen molar-refractivity contribution in [2.24, 2.45) is 46.3 Å². The quantitative estimate of drug-likeness (QED) is 0.694. The molecule has 29 heavy (non-hydrogen) atoms. The van der Waals surface area contributed by atoms with Gasteiger partial charge < -0.3 is 14.9 Å². The first-order valence-electron chi connectivity index (χ1n) is 11.6. The van der Waals surface area contributed by atoms with Gasteiger partial charge in [0.2, 0.25) is 0 Å². The van der Waals surface area contributed by atoms with Gasteiger partial charge in [-0.3, -0.25) is 4.79 Å². The molecule has 6 aliphatic carbocycles. The highest BCUT2D eigenvalue weighted by Gasteiger charge is 2.76. The lowest BCUT2D eigenvalue weighted by Gasteiger charge is -2.58. The Morgan fingerprint density at radius 3 is 2.72 bits per heavy atom. The number of carbonyl (C=O) groups is 2. The van der Waals surface area contributed by atoms with Crippen LogP contribution in [0.2, 0.25) is 0 Å². The van der Waals surface area contributed by atoms with Crippen molar-refractivity contribution >= 4 is 11.9 Å². The van der Waals surface area contributed by atoms with Crippen LogP contribution in [0.25, 0.3) is 0 Å². The van der Waals surface area contributed by atoms with Crippen molar-refractivity contribution in [3.63, 3.8) is 0 Å². The van der Waals surface area contributed by atoms with Crippen LogP contribution in [0.15, 0.2) is 11.6 Å². The molecule has 6 aliphatic rings. The summed E-state index contributed by atoms with van der Waals surface area (Å²) in [6.07, 6.45) is 9.85. The Hall–Kier alpha value is -1.36. The van der Waals surface area contributed by atoms with Crippen LogP contribution in [-0.2, 0) is 9.53 Å². The van der Waals surface area contributed by atoms with Gasteiger partial charge in [-0.15, -0.1) is 0 Å². The van der Waals surface area contributed by atoms with E-state index >= 15 is 0 Å². The maximum absolute atomic E-state index is 12.2. The second-order valence-corrected chi connectivity index (χ2v) is 11.3. The molecule has 6 rings (SSSR count). The van der Waals surface area contributed by atoms with Crippen molar-refractivity contribution in [3.8, 4) is 0 Å². The summed E-state index contributed by atoms with van der Waals surface area (Å²) in [4.78, 5) is 23.0. The molecule has 158 valence electrons. The molecule has 0 aromatic carbocycles. The van der Waals surface area contributed by atoms with Crippen molar-refractivity contribution in [2.75, 3.05) is 6.61 Å². The van der Waals surface area contributed by atoms with Gasteiger partial charge in [-0.25, -0.2) is 4.79 Å². The lowest BCUT2D eigenvalue weighted by molar-refractivity contribution is -0.151. The summed E-state index contributed by atoms with van der Waals surface area (Å²) in [5, 5.41) is 20.7. The van der Waals surface area contributed by atoms with Crippen LogP contribution < -0.4 is 0 Å². The lowest BCUT2D eigenvalue weighted by atomic mass is 9.47. The highest BCUT2D eigenvalue weighted by molar-refractivity contribution is 5.91. The van der Waals surface area contributed by atoms with Crippen LogP contribution in [0.3, 0.4) is 0 Å². The molecule has 0 heterocycles. The zero-order chi connectivity index (χ0) is 20.2. The minimum Gasteiger partial charge on any atom is -0.450 e. The van der Waals surface area contributed by atoms with Gasteiger partial charge in [-0.1, -0.05) is 12.5 Å². The van der Waals surface area contributed by atoms with Gasteiger partial charge in [0.1, 0.15) is 0 Å². The van der Waals surface area contributed by atoms with E-state index in [1.807, 2.05) is 6.08 Å². The number of aliphatic hydroxyl groups is 1. The van der Waals surface area contributed by atoms with Crippen LogP contribution in [0.4, 0.5) is 4.79 Å². The number of ketones is 1. The smallest absolute Gasteiger partial charge is 0.450 e. The average molecular weight is 401 g/mol. The Labute approximate surface area is 171 Å². The number of fused-ring (bicyclic) bond motifs is 8. The number of ether oxygens (including phenoxy) is 1. The fraction of sp³-hybridized carbons (Fsp3) is 0.833. The summed E-state index contributed by atoms with van der Waals surface area (Å²) in [6, 6.07) is 0. The third kappa shape index (κ3) is 2.31. The number of carboxylic acid groups (broad SMARTS) is 1. The first kappa shape index (κ1) is 18.4. The molecule has 0 aliphatic heterocycles.